The smallest absolute Gasteiger partial charge is 0.273 e. The largest absolute Gasteiger partial charge is 0.493 e. The Morgan fingerprint density at radius 2 is 2.18 bits per heavy atom. The van der Waals surface area contributed by atoms with Crippen LogP contribution in [0.4, 0.5) is 5.69 Å². The number of rotatable bonds is 6. The van der Waals surface area contributed by atoms with E-state index in [1.54, 1.807) is 12.2 Å². The van der Waals surface area contributed by atoms with E-state index in [9.17, 15) is 10.1 Å². The van der Waals surface area contributed by atoms with Crippen LogP contribution >= 0.6 is 11.6 Å². The van der Waals surface area contributed by atoms with Crippen LogP contribution in [0, 0.1) is 10.1 Å². The maximum atomic E-state index is 10.6. The second-order valence-corrected chi connectivity index (χ2v) is 3.34. The van der Waals surface area contributed by atoms with Gasteiger partial charge in [0.2, 0.25) is 0 Å². The van der Waals surface area contributed by atoms with Crippen molar-refractivity contribution in [2.75, 3.05) is 19.6 Å². The molecule has 5 nitrogen and oxygen atoms in total. The zero-order valence-corrected chi connectivity index (χ0v) is 10.0. The average molecular weight is 258 g/mol. The molecule has 0 unspecified atom stereocenters. The third-order valence-electron chi connectivity index (χ3n) is 1.95. The molecule has 0 aliphatic heterocycles. The summed E-state index contributed by atoms with van der Waals surface area (Å²) >= 11 is 5.46. The van der Waals surface area contributed by atoms with Crippen LogP contribution in [-0.2, 0) is 0 Å². The van der Waals surface area contributed by atoms with Gasteiger partial charge in [0.1, 0.15) is 6.61 Å². The van der Waals surface area contributed by atoms with Crippen LogP contribution in [0.1, 0.15) is 0 Å². The molecule has 92 valence electrons. The minimum atomic E-state index is -0.486. The maximum Gasteiger partial charge on any atom is 0.273 e. The van der Waals surface area contributed by atoms with Crippen molar-refractivity contribution >= 4 is 17.3 Å². The Kier molecular flexibility index (Phi) is 5.29. The molecule has 0 atom stereocenters. The van der Waals surface area contributed by atoms with E-state index in [1.807, 2.05) is 0 Å². The first-order valence-electron chi connectivity index (χ1n) is 4.85. The van der Waals surface area contributed by atoms with Gasteiger partial charge in [0.25, 0.3) is 5.69 Å². The van der Waals surface area contributed by atoms with Crippen molar-refractivity contribution < 1.29 is 14.4 Å². The fourth-order valence-electron chi connectivity index (χ4n) is 1.16. The second-order valence-electron chi connectivity index (χ2n) is 3.03. The van der Waals surface area contributed by atoms with Crippen molar-refractivity contribution in [2.24, 2.45) is 0 Å². The molecule has 1 aromatic carbocycles. The van der Waals surface area contributed by atoms with Gasteiger partial charge in [-0.3, -0.25) is 10.1 Å². The third-order valence-corrected chi connectivity index (χ3v) is 2.13. The van der Waals surface area contributed by atoms with E-state index < -0.39 is 4.92 Å². The van der Waals surface area contributed by atoms with Gasteiger partial charge in [0.15, 0.2) is 11.5 Å². The van der Waals surface area contributed by atoms with Crippen molar-refractivity contribution in [3.05, 3.63) is 40.5 Å². The van der Waals surface area contributed by atoms with Crippen LogP contribution in [-0.4, -0.2) is 24.5 Å². The molecule has 1 rings (SSSR count). The lowest BCUT2D eigenvalue weighted by molar-refractivity contribution is -0.384. The van der Waals surface area contributed by atoms with Crippen molar-refractivity contribution in [1.29, 1.82) is 0 Å². The number of non-ortho nitro benzene ring substituents is 1. The van der Waals surface area contributed by atoms with E-state index in [0.29, 0.717) is 24.0 Å². The Hall–Kier alpha value is -1.75. The highest BCUT2D eigenvalue weighted by Crippen LogP contribution is 2.30. The Morgan fingerprint density at radius 1 is 1.41 bits per heavy atom. The van der Waals surface area contributed by atoms with Crippen LogP contribution in [0.5, 0.6) is 11.5 Å². The van der Waals surface area contributed by atoms with Gasteiger partial charge in [-0.15, -0.1) is 11.6 Å². The van der Waals surface area contributed by atoms with Crippen molar-refractivity contribution in [1.82, 2.24) is 0 Å². The van der Waals surface area contributed by atoms with E-state index >= 15 is 0 Å². The Bertz CT molecular complexity index is 420. The summed E-state index contributed by atoms with van der Waals surface area (Å²) in [5.74, 6) is 1.21. The van der Waals surface area contributed by atoms with Crippen LogP contribution < -0.4 is 9.47 Å². The van der Waals surface area contributed by atoms with E-state index in [-0.39, 0.29) is 5.69 Å². The Morgan fingerprint density at radius 3 is 2.76 bits per heavy atom. The lowest BCUT2D eigenvalue weighted by atomic mass is 10.3. The molecule has 0 heterocycles. The highest BCUT2D eigenvalue weighted by molar-refractivity contribution is 6.18. The van der Waals surface area contributed by atoms with Crippen molar-refractivity contribution in [2.45, 2.75) is 0 Å². The molecule has 0 saturated heterocycles. The molecule has 0 radical (unpaired) electrons. The summed E-state index contributed by atoms with van der Waals surface area (Å²) < 4.78 is 10.4. The van der Waals surface area contributed by atoms with Gasteiger partial charge >= 0.3 is 0 Å². The number of nitrogens with zero attached hydrogens (tertiary/aromatic N) is 1. The van der Waals surface area contributed by atoms with E-state index in [1.165, 1.54) is 25.3 Å². The molecular weight excluding hydrogens is 246 g/mol. The number of ether oxygens (including phenoxy) is 2. The molecule has 0 N–H and O–H groups in total. The monoisotopic (exact) mass is 257 g/mol. The van der Waals surface area contributed by atoms with Gasteiger partial charge in [-0.05, 0) is 6.07 Å². The summed E-state index contributed by atoms with van der Waals surface area (Å²) in [4.78, 5) is 10.1. The number of halogens is 1. The lowest BCUT2D eigenvalue weighted by Crippen LogP contribution is -1.97. The first kappa shape index (κ1) is 13.3. The molecule has 0 aliphatic rings. The molecule has 0 fully saturated rings. The number of hydrogen-bond donors (Lipinski definition) is 0. The number of nitro benzene ring substituents is 1. The SMILES string of the molecule is COc1cc([N+](=O)[O-])ccc1OCC=CCCl. The predicted molar refractivity (Wildman–Crippen MR) is 65.0 cm³/mol. The summed E-state index contributed by atoms with van der Waals surface area (Å²) in [5.41, 5.74) is -0.0366. The van der Waals surface area contributed by atoms with E-state index in [0.717, 1.165) is 0 Å². The molecule has 0 amide bonds. The molecule has 0 aliphatic carbocycles. The van der Waals surface area contributed by atoms with Crippen LogP contribution in [0.25, 0.3) is 0 Å². The minimum absolute atomic E-state index is 0.0366. The Labute approximate surface area is 104 Å². The van der Waals surface area contributed by atoms with Gasteiger partial charge in [-0.2, -0.15) is 0 Å². The molecule has 0 spiro atoms. The summed E-state index contributed by atoms with van der Waals surface area (Å²) in [7, 11) is 1.43. The summed E-state index contributed by atoms with van der Waals surface area (Å²) in [5, 5.41) is 10.6. The van der Waals surface area contributed by atoms with Gasteiger partial charge in [-0.1, -0.05) is 12.2 Å². The Balaban J connectivity index is 2.78. The molecule has 6 heteroatoms. The number of benzene rings is 1. The number of alkyl halides is 1. The number of methoxy groups -OCH3 is 1. The van der Waals surface area contributed by atoms with Crippen LogP contribution in [0.2, 0.25) is 0 Å². The van der Waals surface area contributed by atoms with Crippen molar-refractivity contribution in [3.8, 4) is 11.5 Å². The first-order chi connectivity index (χ1) is 8.19. The normalized spacial score (nSPS) is 10.5. The fraction of sp³-hybridized carbons (Fsp3) is 0.273. The topological polar surface area (TPSA) is 61.6 Å². The first-order valence-corrected chi connectivity index (χ1v) is 5.38. The average Bonchev–Trinajstić information content (AvgIpc) is 2.34. The van der Waals surface area contributed by atoms with Gasteiger partial charge in [-0.25, -0.2) is 0 Å². The highest BCUT2D eigenvalue weighted by Gasteiger charge is 2.11. The van der Waals surface area contributed by atoms with Crippen molar-refractivity contribution in [3.63, 3.8) is 0 Å². The molecular formula is C11H12ClNO4. The molecule has 17 heavy (non-hydrogen) atoms. The van der Waals surface area contributed by atoms with Crippen LogP contribution in [0.15, 0.2) is 30.4 Å². The van der Waals surface area contributed by atoms with Gasteiger partial charge < -0.3 is 9.47 Å². The zero-order valence-electron chi connectivity index (χ0n) is 9.26. The standard InChI is InChI=1S/C11H12ClNO4/c1-16-11-8-9(13(14)15)4-5-10(11)17-7-3-2-6-12/h2-5,8H,6-7H2,1H3. The summed E-state index contributed by atoms with van der Waals surface area (Å²) in [6.45, 7) is 0.334. The quantitative estimate of drug-likeness (QED) is 0.340. The number of hydrogen-bond acceptors (Lipinski definition) is 4. The predicted octanol–water partition coefficient (Wildman–Crippen LogP) is 2.78. The van der Waals surface area contributed by atoms with E-state index in [2.05, 4.69) is 0 Å². The zero-order chi connectivity index (χ0) is 12.7. The highest BCUT2D eigenvalue weighted by atomic mass is 35.5. The molecule has 1 aromatic rings. The minimum Gasteiger partial charge on any atom is -0.493 e. The molecule has 0 bridgehead atoms. The van der Waals surface area contributed by atoms with Gasteiger partial charge in [0, 0.05) is 11.9 Å². The molecule has 0 aromatic heterocycles. The number of nitro groups is 1. The molecule has 0 saturated carbocycles. The summed E-state index contributed by atoms with van der Waals surface area (Å²) in [6.07, 6.45) is 3.51. The van der Waals surface area contributed by atoms with E-state index in [4.69, 9.17) is 21.1 Å². The summed E-state index contributed by atoms with van der Waals surface area (Å²) in [6, 6.07) is 4.19. The van der Waals surface area contributed by atoms with Gasteiger partial charge in [0.05, 0.1) is 18.1 Å². The maximum absolute atomic E-state index is 10.6. The fourth-order valence-corrected chi connectivity index (χ4v) is 1.28. The lowest BCUT2D eigenvalue weighted by Gasteiger charge is -2.08. The third kappa shape index (κ3) is 3.96. The second kappa shape index (κ2) is 6.75. The number of allylic oxidation sites excluding steroid dienone is 1. The van der Waals surface area contributed by atoms with Crippen LogP contribution in [0.3, 0.4) is 0 Å².